The zero-order valence-corrected chi connectivity index (χ0v) is 15.9. The van der Waals surface area contributed by atoms with Gasteiger partial charge in [-0.15, -0.1) is 5.10 Å². The van der Waals surface area contributed by atoms with Gasteiger partial charge in [-0.25, -0.2) is 0 Å². The van der Waals surface area contributed by atoms with Crippen LogP contribution >= 0.6 is 11.8 Å². The minimum Gasteiger partial charge on any atom is -0.545 e. The van der Waals surface area contributed by atoms with Crippen LogP contribution in [-0.4, -0.2) is 44.9 Å². The zero-order valence-electron chi connectivity index (χ0n) is 15.1. The Hall–Kier alpha value is -3.40. The van der Waals surface area contributed by atoms with E-state index in [1.54, 1.807) is 38.3 Å². The molecule has 28 heavy (non-hydrogen) atoms. The quantitative estimate of drug-likeness (QED) is 0.587. The summed E-state index contributed by atoms with van der Waals surface area (Å²) in [5.41, 5.74) is 1.56. The molecular weight excluding hydrogens is 382 g/mol. The lowest BCUT2D eigenvalue weighted by Gasteiger charge is -2.13. The number of carbonyl (C=O) groups is 2. The summed E-state index contributed by atoms with van der Waals surface area (Å²) in [6.45, 7) is 1.80. The lowest BCUT2D eigenvalue weighted by atomic mass is 10.1. The van der Waals surface area contributed by atoms with Gasteiger partial charge in [-0.1, -0.05) is 36.0 Å². The fourth-order valence-corrected chi connectivity index (χ4v) is 3.16. The van der Waals surface area contributed by atoms with Crippen molar-refractivity contribution in [3.05, 3.63) is 53.6 Å². The molecule has 1 N–H and O–H groups in total. The van der Waals surface area contributed by atoms with Gasteiger partial charge >= 0.3 is 0 Å². The number of tetrazole rings is 1. The van der Waals surface area contributed by atoms with Crippen LogP contribution in [0.3, 0.4) is 0 Å². The number of carboxylic acid groups (broad SMARTS) is 1. The van der Waals surface area contributed by atoms with E-state index in [-0.39, 0.29) is 17.0 Å². The maximum atomic E-state index is 12.3. The van der Waals surface area contributed by atoms with E-state index in [0.29, 0.717) is 16.6 Å². The number of ether oxygens (including phenoxy) is 1. The number of anilines is 1. The number of aromatic nitrogens is 4. The highest BCUT2D eigenvalue weighted by Gasteiger charge is 2.15. The standard InChI is InChI=1S/C18H17N5O4S/c1-11-7-8-12(17(25)26)13(9-11)19-16(24)10-28-18-20-21-22-23(18)14-5-3-4-6-15(14)27-2/h3-9H,10H2,1-2H3,(H,19,24)(H,25,26)/p-1. The molecule has 144 valence electrons. The molecule has 0 atom stereocenters. The number of hydrogen-bond donors (Lipinski definition) is 1. The van der Waals surface area contributed by atoms with Gasteiger partial charge in [0.2, 0.25) is 11.1 Å². The molecule has 3 rings (SSSR count). The predicted molar refractivity (Wildman–Crippen MR) is 101 cm³/mol. The minimum atomic E-state index is -1.36. The molecule has 0 fully saturated rings. The van der Waals surface area contributed by atoms with E-state index in [0.717, 1.165) is 17.3 Å². The number of aromatic carboxylic acids is 1. The van der Waals surface area contributed by atoms with E-state index in [2.05, 4.69) is 20.8 Å². The number of hydrogen-bond acceptors (Lipinski definition) is 8. The highest BCUT2D eigenvalue weighted by Crippen LogP contribution is 2.25. The number of nitrogens with zero attached hydrogens (tertiary/aromatic N) is 4. The smallest absolute Gasteiger partial charge is 0.234 e. The summed E-state index contributed by atoms with van der Waals surface area (Å²) in [6, 6.07) is 11.8. The van der Waals surface area contributed by atoms with Crippen LogP contribution in [0.4, 0.5) is 5.69 Å². The summed E-state index contributed by atoms with van der Waals surface area (Å²) in [7, 11) is 1.54. The highest BCUT2D eigenvalue weighted by molar-refractivity contribution is 7.99. The molecule has 0 aliphatic heterocycles. The van der Waals surface area contributed by atoms with Gasteiger partial charge < -0.3 is 20.0 Å². The topological polar surface area (TPSA) is 122 Å². The van der Waals surface area contributed by atoms with E-state index >= 15 is 0 Å². The maximum absolute atomic E-state index is 12.3. The number of benzene rings is 2. The molecule has 0 unspecified atom stereocenters. The van der Waals surface area contributed by atoms with E-state index < -0.39 is 11.9 Å². The van der Waals surface area contributed by atoms with Crippen molar-refractivity contribution < 1.29 is 19.4 Å². The second-order valence-corrected chi connectivity index (χ2v) is 6.66. The molecule has 10 heteroatoms. The van der Waals surface area contributed by atoms with E-state index in [1.165, 1.54) is 10.7 Å². The van der Waals surface area contributed by atoms with Gasteiger partial charge in [-0.3, -0.25) is 4.79 Å². The summed E-state index contributed by atoms with van der Waals surface area (Å²) in [5.74, 6) is -1.19. The Kier molecular flexibility index (Phi) is 5.90. The number of carboxylic acids is 1. The molecule has 0 spiro atoms. The fourth-order valence-electron chi connectivity index (χ4n) is 2.48. The van der Waals surface area contributed by atoms with Crippen molar-refractivity contribution in [3.63, 3.8) is 0 Å². The number of thioether (sulfide) groups is 1. The Morgan fingerprint density at radius 2 is 2.04 bits per heavy atom. The van der Waals surface area contributed by atoms with Gasteiger partial charge in [0, 0.05) is 5.56 Å². The van der Waals surface area contributed by atoms with Crippen molar-refractivity contribution in [2.24, 2.45) is 0 Å². The van der Waals surface area contributed by atoms with Gasteiger partial charge in [0.05, 0.1) is 24.5 Å². The highest BCUT2D eigenvalue weighted by atomic mass is 32.2. The monoisotopic (exact) mass is 398 g/mol. The molecule has 2 aromatic carbocycles. The molecule has 9 nitrogen and oxygen atoms in total. The number of amides is 1. The van der Waals surface area contributed by atoms with Gasteiger partial charge in [0.15, 0.2) is 0 Å². The Bertz CT molecular complexity index is 1020. The number of aryl methyl sites for hydroxylation is 1. The largest absolute Gasteiger partial charge is 0.545 e. The van der Waals surface area contributed by atoms with Crippen LogP contribution in [0, 0.1) is 6.92 Å². The molecule has 3 aromatic rings. The molecule has 0 aliphatic rings. The molecule has 0 bridgehead atoms. The summed E-state index contributed by atoms with van der Waals surface area (Å²) < 4.78 is 6.78. The lowest BCUT2D eigenvalue weighted by Crippen LogP contribution is -2.25. The molecular formula is C18H16N5O4S-. The van der Waals surface area contributed by atoms with Crippen molar-refractivity contribution in [1.82, 2.24) is 20.2 Å². The van der Waals surface area contributed by atoms with Crippen molar-refractivity contribution in [2.45, 2.75) is 12.1 Å². The first kappa shape index (κ1) is 19.4. The SMILES string of the molecule is COc1ccccc1-n1nnnc1SCC(=O)Nc1cc(C)ccc1C(=O)[O-]. The van der Waals surface area contributed by atoms with Gasteiger partial charge in [-0.2, -0.15) is 4.68 Å². The summed E-state index contributed by atoms with van der Waals surface area (Å²) >= 11 is 1.11. The fraction of sp³-hybridized carbons (Fsp3) is 0.167. The van der Waals surface area contributed by atoms with E-state index in [9.17, 15) is 14.7 Å². The minimum absolute atomic E-state index is 0.0179. The predicted octanol–water partition coefficient (Wildman–Crippen LogP) is 1.07. The third-order valence-corrected chi connectivity index (χ3v) is 4.68. The molecule has 1 amide bonds. The zero-order chi connectivity index (χ0) is 20.1. The molecule has 1 aromatic heterocycles. The number of nitrogens with one attached hydrogen (secondary N) is 1. The Balaban J connectivity index is 1.73. The normalized spacial score (nSPS) is 10.5. The van der Waals surface area contributed by atoms with Crippen molar-refractivity contribution in [3.8, 4) is 11.4 Å². The molecule has 0 saturated heterocycles. The van der Waals surface area contributed by atoms with Crippen molar-refractivity contribution in [1.29, 1.82) is 0 Å². The third kappa shape index (κ3) is 4.29. The van der Waals surface area contributed by atoms with E-state index in [4.69, 9.17) is 4.74 Å². The molecule has 1 heterocycles. The van der Waals surface area contributed by atoms with Gasteiger partial charge in [0.1, 0.15) is 11.4 Å². The van der Waals surface area contributed by atoms with Crippen LogP contribution in [-0.2, 0) is 4.79 Å². The van der Waals surface area contributed by atoms with Crippen LogP contribution in [0.5, 0.6) is 5.75 Å². The van der Waals surface area contributed by atoms with Crippen LogP contribution in [0.15, 0.2) is 47.6 Å². The van der Waals surface area contributed by atoms with Gasteiger partial charge in [0.25, 0.3) is 0 Å². The Morgan fingerprint density at radius 3 is 2.79 bits per heavy atom. The second-order valence-electron chi connectivity index (χ2n) is 5.72. The molecule has 0 radical (unpaired) electrons. The number of rotatable bonds is 7. The first-order chi connectivity index (χ1) is 13.5. The summed E-state index contributed by atoms with van der Waals surface area (Å²) in [5, 5.41) is 25.7. The lowest BCUT2D eigenvalue weighted by molar-refractivity contribution is -0.254. The first-order valence-electron chi connectivity index (χ1n) is 8.16. The Labute approximate surface area is 164 Å². The van der Waals surface area contributed by atoms with Crippen LogP contribution < -0.4 is 15.2 Å². The van der Waals surface area contributed by atoms with Crippen LogP contribution in [0.25, 0.3) is 5.69 Å². The molecule has 0 aliphatic carbocycles. The maximum Gasteiger partial charge on any atom is 0.234 e. The molecule has 0 saturated carbocycles. The van der Waals surface area contributed by atoms with Crippen LogP contribution in [0.2, 0.25) is 0 Å². The number of methoxy groups -OCH3 is 1. The van der Waals surface area contributed by atoms with Gasteiger partial charge in [-0.05, 0) is 41.1 Å². The summed E-state index contributed by atoms with van der Waals surface area (Å²) in [4.78, 5) is 23.5. The summed E-state index contributed by atoms with van der Waals surface area (Å²) in [6.07, 6.45) is 0. The average Bonchev–Trinajstić information content (AvgIpc) is 3.14. The first-order valence-corrected chi connectivity index (χ1v) is 9.14. The van der Waals surface area contributed by atoms with Crippen LogP contribution in [0.1, 0.15) is 15.9 Å². The second kappa shape index (κ2) is 8.53. The number of para-hydroxylation sites is 2. The third-order valence-electron chi connectivity index (χ3n) is 3.76. The van der Waals surface area contributed by atoms with Crippen molar-refractivity contribution in [2.75, 3.05) is 18.2 Å². The van der Waals surface area contributed by atoms with Crippen molar-refractivity contribution >= 4 is 29.3 Å². The van der Waals surface area contributed by atoms with E-state index in [1.807, 2.05) is 12.1 Å². The average molecular weight is 398 g/mol. The number of carbonyl (C=O) groups excluding carboxylic acids is 2. The Morgan fingerprint density at radius 1 is 1.25 bits per heavy atom.